The van der Waals surface area contributed by atoms with Crippen LogP contribution in [0.2, 0.25) is 0 Å². The van der Waals surface area contributed by atoms with Gasteiger partial charge < -0.3 is 9.80 Å². The third-order valence-electron chi connectivity index (χ3n) is 5.54. The number of nitrogens with one attached hydrogen (secondary N) is 1. The van der Waals surface area contributed by atoms with Crippen LogP contribution in [0.4, 0.5) is 5.69 Å². The Balaban J connectivity index is 1.42. The lowest BCUT2D eigenvalue weighted by atomic mass is 10.1. The number of hydrogen-bond acceptors (Lipinski definition) is 4. The van der Waals surface area contributed by atoms with Gasteiger partial charge in [-0.3, -0.25) is 19.1 Å². The second kappa shape index (κ2) is 7.95. The molecular formula is C22H24N4O3. The van der Waals surface area contributed by atoms with E-state index in [2.05, 4.69) is 28.9 Å². The lowest BCUT2D eigenvalue weighted by Gasteiger charge is -2.37. The third kappa shape index (κ3) is 3.81. The van der Waals surface area contributed by atoms with Gasteiger partial charge in [-0.2, -0.15) is 0 Å². The summed E-state index contributed by atoms with van der Waals surface area (Å²) in [6, 6.07) is 15.2. The van der Waals surface area contributed by atoms with Crippen LogP contribution in [0.3, 0.4) is 0 Å². The molecule has 4 rings (SSSR count). The van der Waals surface area contributed by atoms with Crippen molar-refractivity contribution < 1.29 is 4.79 Å². The smallest absolute Gasteiger partial charge is 0.328 e. The van der Waals surface area contributed by atoms with E-state index in [0.29, 0.717) is 24.0 Å². The number of carbonyl (C=O) groups excluding carboxylic acids is 1. The number of carbonyl (C=O) groups is 1. The molecule has 1 N–H and O–H groups in total. The Morgan fingerprint density at radius 1 is 0.966 bits per heavy atom. The zero-order valence-electron chi connectivity index (χ0n) is 16.4. The fraction of sp³-hybridized carbons (Fsp3) is 0.318. The summed E-state index contributed by atoms with van der Waals surface area (Å²) in [4.78, 5) is 43.4. The highest BCUT2D eigenvalue weighted by Crippen LogP contribution is 2.21. The van der Waals surface area contributed by atoms with Crippen LogP contribution in [0, 0.1) is 6.92 Å². The number of fused-ring (bicyclic) bond motifs is 1. The summed E-state index contributed by atoms with van der Waals surface area (Å²) in [5, 5.41) is 0.450. The summed E-state index contributed by atoms with van der Waals surface area (Å²) in [5.74, 6) is 0.0246. The highest BCUT2D eigenvalue weighted by atomic mass is 16.2. The van der Waals surface area contributed by atoms with Crippen LogP contribution in [0.15, 0.2) is 58.1 Å². The van der Waals surface area contributed by atoms with Gasteiger partial charge >= 0.3 is 5.69 Å². The number of nitrogens with zero attached hydrogens (tertiary/aromatic N) is 3. The topological polar surface area (TPSA) is 78.4 Å². The Kier molecular flexibility index (Phi) is 5.20. The maximum atomic E-state index is 12.7. The summed E-state index contributed by atoms with van der Waals surface area (Å²) < 4.78 is 1.47. The Hall–Kier alpha value is -3.35. The molecule has 0 bridgehead atoms. The normalized spacial score (nSPS) is 14.4. The lowest BCUT2D eigenvalue weighted by molar-refractivity contribution is -0.131. The van der Waals surface area contributed by atoms with Gasteiger partial charge in [0.2, 0.25) is 5.91 Å². The quantitative estimate of drug-likeness (QED) is 0.734. The first-order valence-electron chi connectivity index (χ1n) is 9.85. The van der Waals surface area contributed by atoms with Gasteiger partial charge in [0.05, 0.1) is 10.9 Å². The van der Waals surface area contributed by atoms with E-state index in [0.717, 1.165) is 13.1 Å². The molecule has 150 valence electrons. The largest absolute Gasteiger partial charge is 0.368 e. The number of anilines is 1. The van der Waals surface area contributed by atoms with Crippen molar-refractivity contribution in [2.75, 3.05) is 31.1 Å². The van der Waals surface area contributed by atoms with E-state index >= 15 is 0 Å². The van der Waals surface area contributed by atoms with Crippen molar-refractivity contribution in [1.82, 2.24) is 14.5 Å². The zero-order chi connectivity index (χ0) is 20.4. The molecule has 0 unspecified atom stereocenters. The molecule has 0 radical (unpaired) electrons. The minimum atomic E-state index is -0.481. The number of H-pyrrole nitrogens is 1. The Morgan fingerprint density at radius 3 is 2.41 bits per heavy atom. The van der Waals surface area contributed by atoms with E-state index in [-0.39, 0.29) is 18.9 Å². The maximum absolute atomic E-state index is 12.7. The fourth-order valence-corrected chi connectivity index (χ4v) is 3.94. The molecule has 2 heterocycles. The second-order valence-electron chi connectivity index (χ2n) is 7.33. The molecule has 1 aliphatic rings. The first-order chi connectivity index (χ1) is 14.0. The van der Waals surface area contributed by atoms with E-state index in [1.54, 1.807) is 24.3 Å². The Morgan fingerprint density at radius 2 is 1.66 bits per heavy atom. The van der Waals surface area contributed by atoms with E-state index in [1.807, 2.05) is 17.0 Å². The minimum Gasteiger partial charge on any atom is -0.368 e. The number of aryl methyl sites for hydroxylation is 2. The van der Waals surface area contributed by atoms with E-state index in [4.69, 9.17) is 0 Å². The molecule has 1 amide bonds. The van der Waals surface area contributed by atoms with Gasteiger partial charge in [-0.05, 0) is 30.7 Å². The van der Waals surface area contributed by atoms with Crippen molar-refractivity contribution in [3.63, 3.8) is 0 Å². The molecule has 7 nitrogen and oxygen atoms in total. The summed E-state index contributed by atoms with van der Waals surface area (Å²) >= 11 is 0. The number of piperazine rings is 1. The van der Waals surface area contributed by atoms with Crippen molar-refractivity contribution >= 4 is 22.5 Å². The Bertz CT molecular complexity index is 1160. The molecule has 1 aliphatic heterocycles. The second-order valence-corrected chi connectivity index (χ2v) is 7.33. The predicted molar refractivity (Wildman–Crippen MR) is 113 cm³/mol. The molecular weight excluding hydrogens is 368 g/mol. The van der Waals surface area contributed by atoms with Gasteiger partial charge in [0.15, 0.2) is 0 Å². The zero-order valence-corrected chi connectivity index (χ0v) is 16.4. The molecule has 29 heavy (non-hydrogen) atoms. The first kappa shape index (κ1) is 19.0. The molecule has 7 heteroatoms. The molecule has 0 aliphatic carbocycles. The van der Waals surface area contributed by atoms with Crippen molar-refractivity contribution in [2.24, 2.45) is 0 Å². The highest BCUT2D eigenvalue weighted by molar-refractivity contribution is 5.79. The number of para-hydroxylation sites is 2. The lowest BCUT2D eigenvalue weighted by Crippen LogP contribution is -2.49. The number of aromatic amines is 1. The first-order valence-corrected chi connectivity index (χ1v) is 9.85. The third-order valence-corrected chi connectivity index (χ3v) is 5.54. The van der Waals surface area contributed by atoms with Crippen LogP contribution in [-0.4, -0.2) is 46.5 Å². The highest BCUT2D eigenvalue weighted by Gasteiger charge is 2.22. The summed E-state index contributed by atoms with van der Waals surface area (Å²) in [6.45, 7) is 5.24. The van der Waals surface area contributed by atoms with Gasteiger partial charge in [-0.25, -0.2) is 4.79 Å². The van der Waals surface area contributed by atoms with E-state index in [1.165, 1.54) is 15.8 Å². The number of aromatic nitrogens is 2. The van der Waals surface area contributed by atoms with Gasteiger partial charge in [-0.15, -0.1) is 0 Å². The van der Waals surface area contributed by atoms with Crippen LogP contribution in [0.5, 0.6) is 0 Å². The van der Waals surface area contributed by atoms with E-state index in [9.17, 15) is 14.4 Å². The molecule has 2 aromatic carbocycles. The van der Waals surface area contributed by atoms with Crippen LogP contribution < -0.4 is 16.1 Å². The van der Waals surface area contributed by atoms with Crippen LogP contribution in [0.25, 0.3) is 10.9 Å². The number of hydrogen-bond donors (Lipinski definition) is 1. The van der Waals surface area contributed by atoms with Crippen molar-refractivity contribution in [1.29, 1.82) is 0 Å². The number of benzene rings is 2. The van der Waals surface area contributed by atoms with Crippen LogP contribution in [-0.2, 0) is 11.3 Å². The van der Waals surface area contributed by atoms with Crippen molar-refractivity contribution in [3.05, 3.63) is 74.9 Å². The number of rotatable bonds is 4. The Labute approximate surface area is 168 Å². The summed E-state index contributed by atoms with van der Waals surface area (Å²) in [7, 11) is 0. The average Bonchev–Trinajstić information content (AvgIpc) is 2.74. The van der Waals surface area contributed by atoms with Gasteiger partial charge in [0.25, 0.3) is 5.56 Å². The molecule has 0 spiro atoms. The van der Waals surface area contributed by atoms with Gasteiger partial charge in [0.1, 0.15) is 0 Å². The van der Waals surface area contributed by atoms with Gasteiger partial charge in [-0.1, -0.05) is 30.3 Å². The van der Waals surface area contributed by atoms with E-state index < -0.39 is 11.2 Å². The summed E-state index contributed by atoms with van der Waals surface area (Å²) in [5.41, 5.74) is 2.12. The standard InChI is InChI=1S/C22H24N4O3/c1-16-6-2-4-8-18(16)24-12-14-25(15-13-24)20(27)10-11-26-19-9-5-3-7-17(19)21(28)23-22(26)29/h2-9H,10-15H2,1H3,(H,23,28,29). The van der Waals surface area contributed by atoms with Crippen molar-refractivity contribution in [2.45, 2.75) is 19.9 Å². The minimum absolute atomic E-state index is 0.0246. The van der Waals surface area contributed by atoms with Crippen LogP contribution in [0.1, 0.15) is 12.0 Å². The SMILES string of the molecule is Cc1ccccc1N1CCN(C(=O)CCn2c(=O)[nH]c(=O)c3ccccc32)CC1. The summed E-state index contributed by atoms with van der Waals surface area (Å²) in [6.07, 6.45) is 0.223. The fourth-order valence-electron chi connectivity index (χ4n) is 3.94. The monoisotopic (exact) mass is 392 g/mol. The molecule has 0 atom stereocenters. The maximum Gasteiger partial charge on any atom is 0.328 e. The molecule has 1 fully saturated rings. The van der Waals surface area contributed by atoms with Crippen molar-refractivity contribution in [3.8, 4) is 0 Å². The molecule has 3 aromatic rings. The average molecular weight is 392 g/mol. The number of amides is 1. The molecule has 0 saturated carbocycles. The molecule has 1 aromatic heterocycles. The predicted octanol–water partition coefficient (Wildman–Crippen LogP) is 1.74. The van der Waals surface area contributed by atoms with Gasteiger partial charge in [0, 0.05) is 44.8 Å². The molecule has 1 saturated heterocycles. The van der Waals surface area contributed by atoms with Crippen LogP contribution >= 0.6 is 0 Å².